The van der Waals surface area contributed by atoms with Gasteiger partial charge in [-0.1, -0.05) is 19.8 Å². The van der Waals surface area contributed by atoms with Crippen LogP contribution in [0.4, 0.5) is 0 Å². The number of aryl methyl sites for hydroxylation is 1. The Bertz CT molecular complexity index is 644. The highest BCUT2D eigenvalue weighted by atomic mass is 16.7. The summed E-state index contributed by atoms with van der Waals surface area (Å²) >= 11 is 0. The molecule has 1 aromatic heterocycles. The van der Waals surface area contributed by atoms with Crippen molar-refractivity contribution in [2.24, 2.45) is 17.8 Å². The van der Waals surface area contributed by atoms with Crippen LogP contribution in [-0.2, 0) is 27.9 Å². The predicted molar refractivity (Wildman–Crippen MR) is 95.9 cm³/mol. The third-order valence-corrected chi connectivity index (χ3v) is 3.85. The highest BCUT2D eigenvalue weighted by molar-refractivity contribution is 5.90. The first kappa shape index (κ1) is 19.9. The van der Waals surface area contributed by atoms with Crippen molar-refractivity contribution >= 4 is 17.7 Å². The number of rotatable bonds is 10. The van der Waals surface area contributed by atoms with E-state index in [1.807, 2.05) is 17.8 Å². The van der Waals surface area contributed by atoms with Crippen LogP contribution >= 0.6 is 0 Å². The minimum atomic E-state index is -0.480. The highest BCUT2D eigenvalue weighted by Gasteiger charge is 2.28. The van der Waals surface area contributed by atoms with Crippen molar-refractivity contribution in [3.05, 3.63) is 18.2 Å². The molecule has 0 aromatic carbocycles. The van der Waals surface area contributed by atoms with E-state index in [1.165, 1.54) is 0 Å². The van der Waals surface area contributed by atoms with Gasteiger partial charge in [0.15, 0.2) is 0 Å². The Kier molecular flexibility index (Phi) is 7.54. The van der Waals surface area contributed by atoms with Crippen molar-refractivity contribution in [1.82, 2.24) is 25.7 Å². The molecule has 1 aliphatic heterocycles. The number of carbonyl (C=O) groups is 2. The zero-order valence-electron chi connectivity index (χ0n) is 15.2. The Balaban J connectivity index is 2.01. The number of aromatic nitrogens is 2. The minimum Gasteiger partial charge on any atom is -0.389 e. The first-order chi connectivity index (χ1) is 12.5. The molecule has 0 saturated heterocycles. The molecule has 1 aliphatic rings. The third kappa shape index (κ3) is 6.12. The molecule has 2 atom stereocenters. The van der Waals surface area contributed by atoms with Gasteiger partial charge in [0.05, 0.1) is 25.1 Å². The number of amides is 2. The Hall–Kier alpha value is -2.46. The lowest BCUT2D eigenvalue weighted by Gasteiger charge is -2.17. The van der Waals surface area contributed by atoms with Gasteiger partial charge in [0.25, 0.3) is 0 Å². The fourth-order valence-corrected chi connectivity index (χ4v) is 2.49. The van der Waals surface area contributed by atoms with Crippen molar-refractivity contribution in [2.75, 3.05) is 13.1 Å². The normalized spacial score (nSPS) is 17.3. The van der Waals surface area contributed by atoms with Crippen molar-refractivity contribution in [1.29, 1.82) is 0 Å². The third-order valence-electron chi connectivity index (χ3n) is 3.85. The SMILES string of the molecule is CCCCC1N=C(C(Cc2cn(C)cn2)NC(=O)CNC(=O)CN)ON1. The van der Waals surface area contributed by atoms with Gasteiger partial charge in [0, 0.05) is 19.7 Å². The molecular weight excluding hydrogens is 338 g/mol. The largest absolute Gasteiger partial charge is 0.389 e. The lowest BCUT2D eigenvalue weighted by atomic mass is 10.1. The topological polar surface area (TPSA) is 136 Å². The van der Waals surface area contributed by atoms with E-state index in [0.717, 1.165) is 25.0 Å². The van der Waals surface area contributed by atoms with Crippen LogP contribution in [0.3, 0.4) is 0 Å². The molecule has 0 spiro atoms. The summed E-state index contributed by atoms with van der Waals surface area (Å²) in [5.41, 5.74) is 8.89. The number of unbranched alkanes of at least 4 members (excludes halogenated alkanes) is 1. The molecule has 10 heteroatoms. The summed E-state index contributed by atoms with van der Waals surface area (Å²) in [6.07, 6.45) is 6.82. The van der Waals surface area contributed by atoms with Crippen LogP contribution in [0.1, 0.15) is 31.9 Å². The minimum absolute atomic E-state index is 0.120. The van der Waals surface area contributed by atoms with E-state index in [9.17, 15) is 9.59 Å². The summed E-state index contributed by atoms with van der Waals surface area (Å²) in [6, 6.07) is -0.480. The van der Waals surface area contributed by atoms with Crippen molar-refractivity contribution in [3.63, 3.8) is 0 Å². The molecule has 2 heterocycles. The number of hydrogen-bond acceptors (Lipinski definition) is 7. The van der Waals surface area contributed by atoms with Crippen LogP contribution in [0.2, 0.25) is 0 Å². The van der Waals surface area contributed by atoms with E-state index in [1.54, 1.807) is 6.33 Å². The zero-order valence-corrected chi connectivity index (χ0v) is 15.2. The van der Waals surface area contributed by atoms with Crippen LogP contribution < -0.4 is 21.8 Å². The van der Waals surface area contributed by atoms with Crippen molar-refractivity contribution < 1.29 is 14.4 Å². The number of aliphatic imine (C=N–C) groups is 1. The van der Waals surface area contributed by atoms with Gasteiger partial charge < -0.3 is 25.8 Å². The fraction of sp³-hybridized carbons (Fsp3) is 0.625. The molecule has 0 radical (unpaired) electrons. The first-order valence-electron chi connectivity index (χ1n) is 8.74. The zero-order chi connectivity index (χ0) is 18.9. The van der Waals surface area contributed by atoms with Gasteiger partial charge in [0.1, 0.15) is 12.2 Å². The smallest absolute Gasteiger partial charge is 0.240 e. The maximum atomic E-state index is 12.2. The Labute approximate surface area is 152 Å². The van der Waals surface area contributed by atoms with Crippen molar-refractivity contribution in [2.45, 2.75) is 44.8 Å². The van der Waals surface area contributed by atoms with Gasteiger partial charge in [-0.2, -0.15) is 0 Å². The standard InChI is InChI=1S/C16H27N7O3/c1-3-4-5-13-21-16(26-22-13)12(6-11-9-23(2)10-19-11)20-15(25)8-18-14(24)7-17/h9-10,12-13,22H,3-8,17H2,1-2H3,(H,18,24)(H,20,25). The second-order valence-electron chi connectivity index (χ2n) is 6.18. The number of nitrogens with two attached hydrogens (primary N) is 1. The number of imidazole rings is 1. The molecule has 0 fully saturated rings. The van der Waals surface area contributed by atoms with E-state index < -0.39 is 11.9 Å². The molecule has 0 bridgehead atoms. The van der Waals surface area contributed by atoms with Crippen LogP contribution in [0.15, 0.2) is 17.5 Å². The van der Waals surface area contributed by atoms with Crippen LogP contribution in [0.25, 0.3) is 0 Å². The second kappa shape index (κ2) is 9.88. The molecule has 2 unspecified atom stereocenters. The van der Waals surface area contributed by atoms with Crippen molar-refractivity contribution in [3.8, 4) is 0 Å². The summed E-state index contributed by atoms with van der Waals surface area (Å²) in [6.45, 7) is 1.79. The number of hydrogen-bond donors (Lipinski definition) is 4. The van der Waals surface area contributed by atoms with Gasteiger partial charge in [-0.25, -0.2) is 9.98 Å². The number of hydroxylamine groups is 1. The molecule has 26 heavy (non-hydrogen) atoms. The number of carbonyl (C=O) groups excluding carboxylic acids is 2. The van der Waals surface area contributed by atoms with Gasteiger partial charge in [-0.15, -0.1) is 5.48 Å². The van der Waals surface area contributed by atoms with E-state index in [0.29, 0.717) is 12.3 Å². The number of nitrogens with one attached hydrogen (secondary N) is 3. The predicted octanol–water partition coefficient (Wildman–Crippen LogP) is -1.03. The molecule has 2 amide bonds. The van der Waals surface area contributed by atoms with E-state index in [2.05, 4.69) is 33.0 Å². The molecule has 10 nitrogen and oxygen atoms in total. The van der Waals surface area contributed by atoms with E-state index in [4.69, 9.17) is 10.6 Å². The van der Waals surface area contributed by atoms with E-state index in [-0.39, 0.29) is 25.2 Å². The van der Waals surface area contributed by atoms with Gasteiger partial charge in [0.2, 0.25) is 17.7 Å². The molecule has 5 N–H and O–H groups in total. The monoisotopic (exact) mass is 365 g/mol. The summed E-state index contributed by atoms with van der Waals surface area (Å²) in [5, 5.41) is 5.27. The quantitative estimate of drug-likeness (QED) is 0.419. The maximum absolute atomic E-state index is 12.2. The summed E-state index contributed by atoms with van der Waals surface area (Å²) < 4.78 is 1.83. The Morgan fingerprint density at radius 1 is 1.46 bits per heavy atom. The summed E-state index contributed by atoms with van der Waals surface area (Å²) in [4.78, 5) is 37.7. The van der Waals surface area contributed by atoms with Gasteiger partial charge in [-0.3, -0.25) is 9.59 Å². The lowest BCUT2D eigenvalue weighted by molar-refractivity contribution is -0.125. The van der Waals surface area contributed by atoms with Gasteiger partial charge in [-0.05, 0) is 6.42 Å². The summed E-state index contributed by atoms with van der Waals surface area (Å²) in [5.74, 6) is -0.330. The average Bonchev–Trinajstić information content (AvgIpc) is 3.26. The average molecular weight is 365 g/mol. The maximum Gasteiger partial charge on any atom is 0.240 e. The summed E-state index contributed by atoms with van der Waals surface area (Å²) in [7, 11) is 1.87. The molecule has 0 saturated carbocycles. The van der Waals surface area contributed by atoms with Crippen LogP contribution in [0.5, 0.6) is 0 Å². The highest BCUT2D eigenvalue weighted by Crippen LogP contribution is 2.12. The first-order valence-corrected chi connectivity index (χ1v) is 8.74. The van der Waals surface area contributed by atoms with E-state index >= 15 is 0 Å². The Morgan fingerprint density at radius 3 is 2.92 bits per heavy atom. The van der Waals surface area contributed by atoms with Crippen LogP contribution in [0, 0.1) is 0 Å². The second-order valence-corrected chi connectivity index (χ2v) is 6.18. The molecule has 0 aliphatic carbocycles. The fourth-order valence-electron chi connectivity index (χ4n) is 2.49. The number of nitrogens with zero attached hydrogens (tertiary/aromatic N) is 3. The molecule has 144 valence electrons. The van der Waals surface area contributed by atoms with Crippen LogP contribution in [-0.4, -0.2) is 52.6 Å². The molecule has 2 rings (SSSR count). The lowest BCUT2D eigenvalue weighted by Crippen LogP contribution is -2.47. The molecule has 1 aromatic rings. The molecular formula is C16H27N7O3. The van der Waals surface area contributed by atoms with Gasteiger partial charge >= 0.3 is 0 Å². The Morgan fingerprint density at radius 2 is 2.27 bits per heavy atom.